The van der Waals surface area contributed by atoms with Gasteiger partial charge in [0.05, 0.1) is 24.9 Å². The zero-order valence-corrected chi connectivity index (χ0v) is 16.2. The number of carbonyl (C=O) groups is 1. The van der Waals surface area contributed by atoms with Crippen LogP contribution in [0.15, 0.2) is 54.6 Å². The van der Waals surface area contributed by atoms with E-state index in [1.807, 2.05) is 31.2 Å². The number of aromatic carboxylic acids is 1. The molecule has 0 radical (unpaired) electrons. The third-order valence-electron chi connectivity index (χ3n) is 3.99. The summed E-state index contributed by atoms with van der Waals surface area (Å²) in [6.07, 6.45) is 0. The summed E-state index contributed by atoms with van der Waals surface area (Å²) in [6, 6.07) is 15.8. The summed E-state index contributed by atoms with van der Waals surface area (Å²) < 4.78 is 10.8. The Kier molecular flexibility index (Phi) is 6.47. The monoisotopic (exact) mass is 394 g/mol. The van der Waals surface area contributed by atoms with Crippen molar-refractivity contribution in [2.24, 2.45) is 0 Å². The number of aromatic nitrogens is 2. The molecule has 150 valence electrons. The molecule has 0 atom stereocenters. The molecular formula is C21H22N4O4. The molecule has 0 bridgehead atoms. The van der Waals surface area contributed by atoms with Gasteiger partial charge in [-0.15, -0.1) is 0 Å². The van der Waals surface area contributed by atoms with Gasteiger partial charge in [0.1, 0.15) is 23.9 Å². The van der Waals surface area contributed by atoms with Crippen molar-refractivity contribution in [2.75, 3.05) is 30.9 Å². The fourth-order valence-electron chi connectivity index (χ4n) is 2.63. The first-order chi connectivity index (χ1) is 14.0. The third-order valence-corrected chi connectivity index (χ3v) is 3.99. The molecular weight excluding hydrogens is 372 g/mol. The lowest BCUT2D eigenvalue weighted by Crippen LogP contribution is -2.14. The number of nitrogens with zero attached hydrogens (tertiary/aromatic N) is 2. The number of carboxylic acid groups (broad SMARTS) is 1. The van der Waals surface area contributed by atoms with Crippen molar-refractivity contribution in [3.63, 3.8) is 0 Å². The second kappa shape index (κ2) is 9.41. The highest BCUT2D eigenvalue weighted by molar-refractivity contribution is 5.95. The number of hydrogen-bond donors (Lipinski definition) is 3. The molecule has 0 spiro atoms. The molecule has 0 amide bonds. The Hall–Kier alpha value is -3.81. The van der Waals surface area contributed by atoms with Gasteiger partial charge in [-0.1, -0.05) is 12.1 Å². The summed E-state index contributed by atoms with van der Waals surface area (Å²) in [5, 5.41) is 15.5. The number of hydrogen-bond acceptors (Lipinski definition) is 7. The first-order valence-corrected chi connectivity index (χ1v) is 9.01. The predicted molar refractivity (Wildman–Crippen MR) is 110 cm³/mol. The third kappa shape index (κ3) is 5.58. The summed E-state index contributed by atoms with van der Waals surface area (Å²) in [5.74, 6) is 1.44. The molecule has 8 heteroatoms. The minimum atomic E-state index is -1.01. The molecule has 3 rings (SSSR count). The SMILES string of the molecule is COc1ccc(OCCNc2nc(C)cc(Nc3ccccc3C(=O)O)n2)cc1. The molecule has 0 aliphatic heterocycles. The lowest BCUT2D eigenvalue weighted by molar-refractivity contribution is 0.0698. The van der Waals surface area contributed by atoms with Crippen LogP contribution in [0.5, 0.6) is 11.5 Å². The molecule has 0 fully saturated rings. The molecule has 0 saturated carbocycles. The summed E-state index contributed by atoms with van der Waals surface area (Å²) in [7, 11) is 1.62. The van der Waals surface area contributed by atoms with Gasteiger partial charge in [0, 0.05) is 11.8 Å². The van der Waals surface area contributed by atoms with Gasteiger partial charge in [-0.05, 0) is 43.3 Å². The Balaban J connectivity index is 1.59. The Morgan fingerprint density at radius 3 is 2.52 bits per heavy atom. The van der Waals surface area contributed by atoms with Gasteiger partial charge in [0.15, 0.2) is 0 Å². The first-order valence-electron chi connectivity index (χ1n) is 9.01. The van der Waals surface area contributed by atoms with Gasteiger partial charge in [-0.25, -0.2) is 9.78 Å². The van der Waals surface area contributed by atoms with Crippen molar-refractivity contribution in [3.05, 3.63) is 65.9 Å². The molecule has 29 heavy (non-hydrogen) atoms. The fraction of sp³-hybridized carbons (Fsp3) is 0.190. The van der Waals surface area contributed by atoms with Crippen molar-refractivity contribution < 1.29 is 19.4 Å². The number of nitrogens with one attached hydrogen (secondary N) is 2. The van der Waals surface area contributed by atoms with E-state index >= 15 is 0 Å². The fourth-order valence-corrected chi connectivity index (χ4v) is 2.63. The minimum absolute atomic E-state index is 0.172. The molecule has 0 aliphatic carbocycles. The van der Waals surface area contributed by atoms with E-state index in [9.17, 15) is 9.90 Å². The first kappa shape index (κ1) is 19.9. The molecule has 2 aromatic carbocycles. The van der Waals surface area contributed by atoms with E-state index in [0.29, 0.717) is 30.6 Å². The van der Waals surface area contributed by atoms with Gasteiger partial charge in [0.25, 0.3) is 0 Å². The Morgan fingerprint density at radius 2 is 1.79 bits per heavy atom. The molecule has 1 heterocycles. The van der Waals surface area contributed by atoms with Gasteiger partial charge in [-0.3, -0.25) is 0 Å². The number of ether oxygens (including phenoxy) is 2. The molecule has 0 unspecified atom stereocenters. The van der Waals surface area contributed by atoms with Gasteiger partial charge < -0.3 is 25.2 Å². The van der Waals surface area contributed by atoms with Crippen molar-refractivity contribution in [3.8, 4) is 11.5 Å². The van der Waals surface area contributed by atoms with Crippen molar-refractivity contribution in [2.45, 2.75) is 6.92 Å². The topological polar surface area (TPSA) is 106 Å². The predicted octanol–water partition coefficient (Wildman–Crippen LogP) is 3.73. The van der Waals surface area contributed by atoms with Crippen LogP contribution in [0.25, 0.3) is 0 Å². The maximum atomic E-state index is 11.4. The number of methoxy groups -OCH3 is 1. The largest absolute Gasteiger partial charge is 0.497 e. The summed E-state index contributed by atoms with van der Waals surface area (Å²) in [6.45, 7) is 2.77. The maximum absolute atomic E-state index is 11.4. The van der Waals surface area contributed by atoms with Crippen molar-refractivity contribution in [1.82, 2.24) is 9.97 Å². The van der Waals surface area contributed by atoms with Crippen LogP contribution >= 0.6 is 0 Å². The maximum Gasteiger partial charge on any atom is 0.337 e. The number of carboxylic acids is 1. The van der Waals surface area contributed by atoms with Gasteiger partial charge in [0.2, 0.25) is 5.95 Å². The van der Waals surface area contributed by atoms with Crippen LogP contribution in [0.3, 0.4) is 0 Å². The lowest BCUT2D eigenvalue weighted by atomic mass is 10.2. The Bertz CT molecular complexity index is 977. The molecule has 1 aromatic heterocycles. The molecule has 0 aliphatic rings. The summed E-state index contributed by atoms with van der Waals surface area (Å²) in [4.78, 5) is 20.1. The molecule has 3 N–H and O–H groups in total. The normalized spacial score (nSPS) is 10.3. The number of benzene rings is 2. The van der Waals surface area contributed by atoms with Crippen molar-refractivity contribution >= 4 is 23.4 Å². The van der Waals surface area contributed by atoms with E-state index in [1.165, 1.54) is 6.07 Å². The summed E-state index contributed by atoms with van der Waals surface area (Å²) >= 11 is 0. The highest BCUT2D eigenvalue weighted by Gasteiger charge is 2.10. The number of rotatable bonds is 9. The molecule has 0 saturated heterocycles. The Morgan fingerprint density at radius 1 is 1.07 bits per heavy atom. The number of anilines is 3. The highest BCUT2D eigenvalue weighted by atomic mass is 16.5. The van der Waals surface area contributed by atoms with E-state index in [1.54, 1.807) is 31.4 Å². The Labute approximate surface area is 168 Å². The van der Waals surface area contributed by atoms with Crippen LogP contribution in [-0.4, -0.2) is 41.3 Å². The quantitative estimate of drug-likeness (QED) is 0.472. The number of para-hydroxylation sites is 1. The van der Waals surface area contributed by atoms with Crippen LogP contribution in [0.1, 0.15) is 16.1 Å². The van der Waals surface area contributed by atoms with E-state index in [4.69, 9.17) is 9.47 Å². The van der Waals surface area contributed by atoms with E-state index in [2.05, 4.69) is 20.6 Å². The molecule has 3 aromatic rings. The van der Waals surface area contributed by atoms with Crippen LogP contribution in [-0.2, 0) is 0 Å². The van der Waals surface area contributed by atoms with Crippen molar-refractivity contribution in [1.29, 1.82) is 0 Å². The van der Waals surface area contributed by atoms with Gasteiger partial charge >= 0.3 is 5.97 Å². The van der Waals surface area contributed by atoms with Crippen LogP contribution in [0.4, 0.5) is 17.5 Å². The number of aryl methyl sites for hydroxylation is 1. The average molecular weight is 394 g/mol. The van der Waals surface area contributed by atoms with Crippen LogP contribution in [0, 0.1) is 6.92 Å². The van der Waals surface area contributed by atoms with Crippen LogP contribution < -0.4 is 20.1 Å². The smallest absolute Gasteiger partial charge is 0.337 e. The molecule has 8 nitrogen and oxygen atoms in total. The lowest BCUT2D eigenvalue weighted by Gasteiger charge is -2.12. The average Bonchev–Trinajstić information content (AvgIpc) is 2.71. The van der Waals surface area contributed by atoms with E-state index in [0.717, 1.165) is 17.2 Å². The highest BCUT2D eigenvalue weighted by Crippen LogP contribution is 2.21. The van der Waals surface area contributed by atoms with Crippen LogP contribution in [0.2, 0.25) is 0 Å². The van der Waals surface area contributed by atoms with E-state index in [-0.39, 0.29) is 5.56 Å². The van der Waals surface area contributed by atoms with E-state index < -0.39 is 5.97 Å². The standard InChI is InChI=1S/C21H22N4O4/c1-14-13-19(24-18-6-4-3-5-17(18)20(26)27)25-21(23-14)22-11-12-29-16-9-7-15(28-2)8-10-16/h3-10,13H,11-12H2,1-2H3,(H,26,27)(H2,22,23,24,25). The van der Waals surface area contributed by atoms with Gasteiger partial charge in [-0.2, -0.15) is 4.98 Å². The zero-order chi connectivity index (χ0) is 20.6. The minimum Gasteiger partial charge on any atom is -0.497 e. The zero-order valence-electron chi connectivity index (χ0n) is 16.2. The second-order valence-electron chi connectivity index (χ2n) is 6.14. The second-order valence-corrected chi connectivity index (χ2v) is 6.14. The summed E-state index contributed by atoms with van der Waals surface area (Å²) in [5.41, 5.74) is 1.38.